The minimum Gasteiger partial charge on any atom is -0.497 e. The van der Waals surface area contributed by atoms with Crippen molar-refractivity contribution in [3.63, 3.8) is 0 Å². The molecule has 1 aliphatic heterocycles. The first-order valence-electron chi connectivity index (χ1n) is 8.49. The van der Waals surface area contributed by atoms with Gasteiger partial charge in [0.15, 0.2) is 5.65 Å². The fourth-order valence-corrected chi connectivity index (χ4v) is 3.45. The second-order valence-electron chi connectivity index (χ2n) is 6.31. The van der Waals surface area contributed by atoms with Crippen LogP contribution < -0.4 is 4.74 Å². The summed E-state index contributed by atoms with van der Waals surface area (Å²) in [6.45, 7) is 1.43. The molecule has 4 rings (SSSR count). The second-order valence-corrected chi connectivity index (χ2v) is 6.31. The summed E-state index contributed by atoms with van der Waals surface area (Å²) < 4.78 is 7.25. The topological polar surface area (TPSA) is 59.7 Å². The van der Waals surface area contributed by atoms with Crippen molar-refractivity contribution in [2.24, 2.45) is 0 Å². The lowest BCUT2D eigenvalue weighted by Gasteiger charge is -2.32. The molecule has 1 amide bonds. The van der Waals surface area contributed by atoms with Crippen LogP contribution in [0.5, 0.6) is 5.75 Å². The van der Waals surface area contributed by atoms with E-state index in [4.69, 9.17) is 4.74 Å². The molecule has 3 heterocycles. The largest absolute Gasteiger partial charge is 0.497 e. The molecule has 0 spiro atoms. The number of likely N-dealkylation sites (tertiary alicyclic amines) is 1. The molecule has 2 aromatic heterocycles. The lowest BCUT2D eigenvalue weighted by molar-refractivity contribution is 0.0704. The fourth-order valence-electron chi connectivity index (χ4n) is 3.45. The molecule has 0 unspecified atom stereocenters. The highest BCUT2D eigenvalue weighted by Gasteiger charge is 2.28. The highest BCUT2D eigenvalue weighted by atomic mass is 16.5. The molecule has 3 aromatic rings. The number of fused-ring (bicyclic) bond motifs is 1. The maximum Gasteiger partial charge on any atom is 0.254 e. The van der Waals surface area contributed by atoms with Crippen molar-refractivity contribution in [1.82, 2.24) is 19.5 Å². The van der Waals surface area contributed by atoms with E-state index < -0.39 is 0 Å². The van der Waals surface area contributed by atoms with Gasteiger partial charge in [0.2, 0.25) is 0 Å². The van der Waals surface area contributed by atoms with Crippen molar-refractivity contribution in [2.45, 2.75) is 18.8 Å². The summed E-state index contributed by atoms with van der Waals surface area (Å²) in [5.41, 5.74) is 1.50. The van der Waals surface area contributed by atoms with E-state index >= 15 is 0 Å². The van der Waals surface area contributed by atoms with Gasteiger partial charge < -0.3 is 9.64 Å². The average molecular weight is 336 g/mol. The molecular weight excluding hydrogens is 316 g/mol. The van der Waals surface area contributed by atoms with Crippen LogP contribution in [-0.2, 0) is 0 Å². The molecule has 1 saturated heterocycles. The zero-order valence-corrected chi connectivity index (χ0v) is 14.1. The normalized spacial score (nSPS) is 17.6. The Morgan fingerprint density at radius 3 is 3.00 bits per heavy atom. The van der Waals surface area contributed by atoms with Gasteiger partial charge in [0.1, 0.15) is 11.6 Å². The van der Waals surface area contributed by atoms with Crippen molar-refractivity contribution in [3.05, 3.63) is 60.0 Å². The van der Waals surface area contributed by atoms with Crippen LogP contribution in [0.2, 0.25) is 0 Å². The van der Waals surface area contributed by atoms with Crippen molar-refractivity contribution < 1.29 is 9.53 Å². The number of aromatic nitrogens is 3. The average Bonchev–Trinajstić information content (AvgIpc) is 3.12. The summed E-state index contributed by atoms with van der Waals surface area (Å²) in [4.78, 5) is 14.8. The first kappa shape index (κ1) is 15.6. The van der Waals surface area contributed by atoms with Crippen molar-refractivity contribution in [3.8, 4) is 5.75 Å². The van der Waals surface area contributed by atoms with E-state index in [0.29, 0.717) is 17.9 Å². The molecule has 0 bridgehead atoms. The van der Waals surface area contributed by atoms with Gasteiger partial charge in [0.25, 0.3) is 5.91 Å². The lowest BCUT2D eigenvalue weighted by Crippen LogP contribution is -2.39. The number of rotatable bonds is 3. The minimum atomic E-state index is 0.0393. The molecular formula is C19H20N4O2. The van der Waals surface area contributed by atoms with Crippen LogP contribution in [0.4, 0.5) is 0 Å². The van der Waals surface area contributed by atoms with Crippen LogP contribution in [0.25, 0.3) is 5.65 Å². The molecule has 1 aromatic carbocycles. The molecule has 1 fully saturated rings. The Kier molecular flexibility index (Phi) is 4.09. The smallest absolute Gasteiger partial charge is 0.254 e. The van der Waals surface area contributed by atoms with Gasteiger partial charge in [0, 0.05) is 30.8 Å². The first-order valence-corrected chi connectivity index (χ1v) is 8.49. The number of nitrogens with zero attached hydrogens (tertiary/aromatic N) is 4. The predicted octanol–water partition coefficient (Wildman–Crippen LogP) is 2.76. The number of carbonyl (C=O) groups excluding carboxylic acids is 1. The van der Waals surface area contributed by atoms with Crippen LogP contribution >= 0.6 is 0 Å². The van der Waals surface area contributed by atoms with E-state index in [1.54, 1.807) is 13.2 Å². The molecule has 1 aliphatic rings. The van der Waals surface area contributed by atoms with Crippen LogP contribution in [0, 0.1) is 0 Å². The Bertz CT molecular complexity index is 905. The Labute approximate surface area is 146 Å². The third kappa shape index (κ3) is 2.95. The van der Waals surface area contributed by atoms with Crippen LogP contribution in [0.1, 0.15) is 34.9 Å². The van der Waals surface area contributed by atoms with Crippen LogP contribution in [0.15, 0.2) is 48.7 Å². The summed E-state index contributed by atoms with van der Waals surface area (Å²) in [7, 11) is 1.61. The van der Waals surface area contributed by atoms with Crippen molar-refractivity contribution in [2.75, 3.05) is 20.2 Å². The van der Waals surface area contributed by atoms with E-state index in [0.717, 1.165) is 30.9 Å². The van der Waals surface area contributed by atoms with E-state index in [9.17, 15) is 4.79 Å². The van der Waals surface area contributed by atoms with Gasteiger partial charge in [-0.15, -0.1) is 10.2 Å². The Balaban J connectivity index is 1.57. The number of hydrogen-bond donors (Lipinski definition) is 0. The molecule has 0 N–H and O–H groups in total. The number of hydrogen-bond acceptors (Lipinski definition) is 4. The number of ether oxygens (including phenoxy) is 1. The van der Waals surface area contributed by atoms with Crippen LogP contribution in [-0.4, -0.2) is 45.6 Å². The number of carbonyl (C=O) groups is 1. The van der Waals surface area contributed by atoms with Crippen molar-refractivity contribution in [1.29, 1.82) is 0 Å². The summed E-state index contributed by atoms with van der Waals surface area (Å²) in [5, 5.41) is 8.61. The Morgan fingerprint density at radius 1 is 1.20 bits per heavy atom. The molecule has 0 aliphatic carbocycles. The van der Waals surface area contributed by atoms with E-state index in [1.807, 2.05) is 51.9 Å². The zero-order valence-electron chi connectivity index (χ0n) is 14.1. The van der Waals surface area contributed by atoms with Gasteiger partial charge in [-0.25, -0.2) is 0 Å². The maximum atomic E-state index is 12.9. The minimum absolute atomic E-state index is 0.0393. The Hall–Kier alpha value is -2.89. The number of methoxy groups -OCH3 is 1. The SMILES string of the molecule is COc1cccc(C(=O)N2CCC[C@H](c3nnc4ccccn34)C2)c1. The third-order valence-electron chi connectivity index (χ3n) is 4.73. The molecule has 6 heteroatoms. The summed E-state index contributed by atoms with van der Waals surface area (Å²) in [5.74, 6) is 1.86. The molecule has 0 saturated carbocycles. The quantitative estimate of drug-likeness (QED) is 0.738. The van der Waals surface area contributed by atoms with E-state index in [1.165, 1.54) is 0 Å². The van der Waals surface area contributed by atoms with Crippen molar-refractivity contribution >= 4 is 11.6 Å². The second kappa shape index (κ2) is 6.55. The van der Waals surface area contributed by atoms with Gasteiger partial charge in [0.05, 0.1) is 7.11 Å². The standard InChI is InChI=1S/C19H20N4O2/c1-25-16-8-4-6-14(12-16)19(24)22-10-5-7-15(13-22)18-21-20-17-9-2-3-11-23(17)18/h2-4,6,8-9,11-12,15H,5,7,10,13H2,1H3/t15-/m0/s1. The number of amides is 1. The van der Waals surface area contributed by atoms with Gasteiger partial charge in [-0.05, 0) is 43.2 Å². The predicted molar refractivity (Wildman–Crippen MR) is 93.9 cm³/mol. The van der Waals surface area contributed by atoms with Crippen LogP contribution in [0.3, 0.4) is 0 Å². The Morgan fingerprint density at radius 2 is 2.12 bits per heavy atom. The fraction of sp³-hybridized carbons (Fsp3) is 0.316. The highest BCUT2D eigenvalue weighted by molar-refractivity contribution is 5.94. The van der Waals surface area contributed by atoms with Gasteiger partial charge in [-0.3, -0.25) is 9.20 Å². The highest BCUT2D eigenvalue weighted by Crippen LogP contribution is 2.27. The first-order chi connectivity index (χ1) is 12.3. The van der Waals surface area contributed by atoms with Gasteiger partial charge in [-0.2, -0.15) is 0 Å². The molecule has 25 heavy (non-hydrogen) atoms. The van der Waals surface area contributed by atoms with E-state index in [2.05, 4.69) is 10.2 Å². The monoisotopic (exact) mass is 336 g/mol. The number of benzene rings is 1. The summed E-state index contributed by atoms with van der Waals surface area (Å²) in [6, 6.07) is 13.2. The lowest BCUT2D eigenvalue weighted by atomic mass is 9.96. The number of piperidine rings is 1. The number of pyridine rings is 1. The van der Waals surface area contributed by atoms with E-state index in [-0.39, 0.29) is 11.8 Å². The maximum absolute atomic E-state index is 12.9. The van der Waals surface area contributed by atoms with Gasteiger partial charge >= 0.3 is 0 Å². The molecule has 6 nitrogen and oxygen atoms in total. The summed E-state index contributed by atoms with van der Waals surface area (Å²) >= 11 is 0. The van der Waals surface area contributed by atoms with Gasteiger partial charge in [-0.1, -0.05) is 12.1 Å². The zero-order chi connectivity index (χ0) is 17.2. The molecule has 0 radical (unpaired) electrons. The third-order valence-corrected chi connectivity index (χ3v) is 4.73. The summed E-state index contributed by atoms with van der Waals surface area (Å²) in [6.07, 6.45) is 3.95. The molecule has 1 atom stereocenters. The molecule has 128 valence electrons.